The summed E-state index contributed by atoms with van der Waals surface area (Å²) in [5.41, 5.74) is 7.53. The molecule has 502 valence electrons. The quantitative estimate of drug-likeness (QED) is 0.00835. The number of hydrogen-bond donors (Lipinski definition) is 6. The van der Waals surface area contributed by atoms with Crippen LogP contribution in [0.2, 0.25) is 0 Å². The molecule has 10 rings (SSSR count). The molecule has 3 aromatic carbocycles. The SMILES string of the molecule is CCOCCOCCNC(=O)COc1cc2oc(=O)cc(CC)c2cc1Br.CCc1cc(=O)oc2cc(OCCNC(=O)CCCCCNC(=O)CCCCC3SCC4NC(=O)NC43)c(Br)cc12.Cc1cc2c(C(C)C3CO3)c3cc(C)c(=O)c(C)c-3oc2c(C)c1O. The standard InChI is InChI=1S/C29H39BrN4O6S.C21H22O4.C19H24BrNO6/c1-2-18-14-27(37)40-22-16-23(20(30)15-19(18)22)39-13-12-32-26(36)9-4-3-7-11-31-25(35)10-6-5-8-24-28-21(17-41-24)33-29(38)34-28;1-9-6-14-17(11(3)16-8-24-16)15-7-10(2)19(23)13(5)21(15)25-20(14)12(4)18(9)22;1-3-13-9-19(23)27-16-11-17(15(20)10-14(13)16)26-12-18(22)21-5-6-25-8-7-24-4-2/h14-16,21,24,28H,2-13,17H2,1H3,(H,31,35)(H,32,36)(H2,33,34,38);6-7,11,16,22H,8H2,1-5H3;9-11H,3-8,12H2,1-2H3,(H,21,22). The molecule has 0 spiro atoms. The Morgan fingerprint density at radius 2 is 1.27 bits per heavy atom. The van der Waals surface area contributed by atoms with Crippen molar-refractivity contribution in [3.8, 4) is 28.6 Å². The molecule has 1 aliphatic carbocycles. The van der Waals surface area contributed by atoms with Crippen LogP contribution in [0, 0.1) is 27.7 Å². The van der Waals surface area contributed by atoms with E-state index in [0.29, 0.717) is 120 Å². The lowest BCUT2D eigenvalue weighted by Crippen LogP contribution is -2.36. The van der Waals surface area contributed by atoms with Crippen LogP contribution in [-0.4, -0.2) is 124 Å². The first-order chi connectivity index (χ1) is 44.7. The molecule has 5 aliphatic rings. The monoisotopic (exact) mass is 1430 g/mol. The fraction of sp³-hybridized carbons (Fsp3) is 0.493. The third-order valence-corrected chi connectivity index (χ3v) is 19.4. The van der Waals surface area contributed by atoms with E-state index in [9.17, 15) is 38.7 Å². The number of hydrogen-bond acceptors (Lipinski definition) is 17. The first-order valence-electron chi connectivity index (χ1n) is 31.9. The molecule has 6 heterocycles. The molecule has 93 heavy (non-hydrogen) atoms. The lowest BCUT2D eigenvalue weighted by Gasteiger charge is -2.22. The van der Waals surface area contributed by atoms with Crippen LogP contribution in [0.15, 0.2) is 85.1 Å². The lowest BCUT2D eigenvalue weighted by molar-refractivity contribution is -0.123. The van der Waals surface area contributed by atoms with Gasteiger partial charge in [0.25, 0.3) is 5.91 Å². The second-order valence-electron chi connectivity index (χ2n) is 23.4. The Hall–Kier alpha value is -6.96. The number of aromatic hydroxyl groups is 1. The van der Waals surface area contributed by atoms with E-state index in [4.69, 9.17) is 36.9 Å². The largest absolute Gasteiger partial charge is 0.507 e. The van der Waals surface area contributed by atoms with E-state index in [2.05, 4.69) is 65.4 Å². The van der Waals surface area contributed by atoms with E-state index in [0.717, 1.165) is 111 Å². The summed E-state index contributed by atoms with van der Waals surface area (Å²) in [5, 5.41) is 28.0. The number of thioether (sulfide) groups is 1. The molecule has 0 saturated carbocycles. The van der Waals surface area contributed by atoms with E-state index < -0.39 is 5.63 Å². The minimum Gasteiger partial charge on any atom is -0.507 e. The number of fused-ring (bicyclic) bond motifs is 5. The molecule has 2 aromatic heterocycles. The number of phenolic OH excluding ortho intramolecular Hbond substituents is 1. The van der Waals surface area contributed by atoms with Gasteiger partial charge >= 0.3 is 17.3 Å². The second-order valence-corrected chi connectivity index (χ2v) is 26.3. The number of carbonyl (C=O) groups excluding carboxylic acids is 4. The normalized spacial score (nSPS) is 16.6. The summed E-state index contributed by atoms with van der Waals surface area (Å²) in [6.45, 7) is 19.8. The van der Waals surface area contributed by atoms with Gasteiger partial charge in [0.1, 0.15) is 46.4 Å². The summed E-state index contributed by atoms with van der Waals surface area (Å²) < 4.78 is 45.5. The number of ether oxygens (including phenoxy) is 5. The number of carbonyl (C=O) groups is 4. The Bertz CT molecular complexity index is 3940. The number of aryl methyl sites for hydroxylation is 5. The van der Waals surface area contributed by atoms with Crippen molar-refractivity contribution in [1.29, 1.82) is 0 Å². The maximum atomic E-state index is 12.4. The molecule has 5 amide bonds. The molecule has 5 unspecified atom stereocenters. The molecule has 0 bridgehead atoms. The Kier molecular flexibility index (Phi) is 26.6. The van der Waals surface area contributed by atoms with Crippen molar-refractivity contribution in [2.24, 2.45) is 0 Å². The third-order valence-electron chi connectivity index (χ3n) is 16.7. The van der Waals surface area contributed by atoms with Gasteiger partial charge in [0.2, 0.25) is 11.8 Å². The molecular weight excluding hydrogens is 1350 g/mol. The van der Waals surface area contributed by atoms with Gasteiger partial charge in [0, 0.05) is 107 Å². The molecule has 3 saturated heterocycles. The van der Waals surface area contributed by atoms with E-state index in [-0.39, 0.29) is 77.9 Å². The van der Waals surface area contributed by atoms with Gasteiger partial charge in [-0.15, -0.1) is 0 Å². The van der Waals surface area contributed by atoms with Crippen molar-refractivity contribution in [3.63, 3.8) is 0 Å². The zero-order valence-electron chi connectivity index (χ0n) is 54.1. The predicted molar refractivity (Wildman–Crippen MR) is 367 cm³/mol. The Morgan fingerprint density at radius 3 is 1.90 bits per heavy atom. The van der Waals surface area contributed by atoms with Gasteiger partial charge in [-0.05, 0) is 157 Å². The number of urea groups is 1. The van der Waals surface area contributed by atoms with Crippen LogP contribution in [0.25, 0.3) is 44.2 Å². The number of benzene rings is 4. The summed E-state index contributed by atoms with van der Waals surface area (Å²) in [4.78, 5) is 83.4. The van der Waals surface area contributed by atoms with E-state index >= 15 is 0 Å². The Morgan fingerprint density at radius 1 is 0.667 bits per heavy atom. The summed E-state index contributed by atoms with van der Waals surface area (Å²) in [7, 11) is 0. The van der Waals surface area contributed by atoms with Crippen LogP contribution < -0.4 is 52.7 Å². The van der Waals surface area contributed by atoms with Gasteiger partial charge in [0.15, 0.2) is 12.0 Å². The third kappa shape index (κ3) is 19.4. The number of rotatable bonds is 29. The molecule has 6 N–H and O–H groups in total. The fourth-order valence-electron chi connectivity index (χ4n) is 11.5. The zero-order chi connectivity index (χ0) is 66.9. The molecule has 4 aliphatic heterocycles. The number of unbranched alkanes of at least 4 members (excludes halogenated alkanes) is 3. The molecule has 5 atom stereocenters. The second kappa shape index (κ2) is 34.4. The van der Waals surface area contributed by atoms with Crippen molar-refractivity contribution in [1.82, 2.24) is 26.6 Å². The summed E-state index contributed by atoms with van der Waals surface area (Å²) in [6, 6.07) is 14.3. The van der Waals surface area contributed by atoms with Crippen molar-refractivity contribution in [2.75, 3.05) is 71.6 Å². The van der Waals surface area contributed by atoms with E-state index in [1.54, 1.807) is 19.1 Å². The van der Waals surface area contributed by atoms with Crippen LogP contribution in [0.3, 0.4) is 0 Å². The van der Waals surface area contributed by atoms with Crippen molar-refractivity contribution in [3.05, 3.63) is 127 Å². The van der Waals surface area contributed by atoms with E-state index in [1.807, 2.05) is 77.6 Å². The highest BCUT2D eigenvalue weighted by Gasteiger charge is 2.42. The number of halogens is 2. The number of phenols is 1. The highest BCUT2D eigenvalue weighted by atomic mass is 79.9. The van der Waals surface area contributed by atoms with Gasteiger partial charge in [-0.25, -0.2) is 14.4 Å². The number of epoxide rings is 1. The molecular formula is C69H85Br2N5O16S. The van der Waals surface area contributed by atoms with Gasteiger partial charge in [-0.1, -0.05) is 33.6 Å². The molecule has 0 radical (unpaired) electrons. The minimum absolute atomic E-state index is 0.00543. The maximum absolute atomic E-state index is 12.4. The van der Waals surface area contributed by atoms with Gasteiger partial charge < -0.3 is 68.6 Å². The van der Waals surface area contributed by atoms with Crippen LogP contribution in [0.5, 0.6) is 17.2 Å². The first-order valence-corrected chi connectivity index (χ1v) is 34.6. The fourth-order valence-corrected chi connectivity index (χ4v) is 14.0. The van der Waals surface area contributed by atoms with Crippen LogP contribution in [-0.2, 0) is 41.4 Å². The van der Waals surface area contributed by atoms with Crippen molar-refractivity contribution < 1.29 is 61.2 Å². The first kappa shape index (κ1) is 71.9. The molecule has 5 aromatic rings. The van der Waals surface area contributed by atoms with Crippen LogP contribution in [0.4, 0.5) is 4.79 Å². The summed E-state index contributed by atoms with van der Waals surface area (Å²) in [6.07, 6.45) is 7.85. The highest BCUT2D eigenvalue weighted by molar-refractivity contribution is 9.11. The topological polar surface area (TPSA) is 289 Å². The van der Waals surface area contributed by atoms with Crippen molar-refractivity contribution >= 4 is 100 Å². The van der Waals surface area contributed by atoms with Crippen LogP contribution >= 0.6 is 43.6 Å². The number of amides is 5. The zero-order valence-corrected chi connectivity index (χ0v) is 58.1. The average molecular weight is 1430 g/mol. The Labute approximate surface area is 561 Å². The maximum Gasteiger partial charge on any atom is 0.336 e. The molecule has 3 fully saturated rings. The van der Waals surface area contributed by atoms with Gasteiger partial charge in [0.05, 0.1) is 60.1 Å². The minimum atomic E-state index is -0.408. The van der Waals surface area contributed by atoms with Crippen molar-refractivity contribution in [2.45, 2.75) is 149 Å². The lowest BCUT2D eigenvalue weighted by atomic mass is 9.85. The predicted octanol–water partition coefficient (Wildman–Crippen LogP) is 11.0. The highest BCUT2D eigenvalue weighted by Crippen LogP contribution is 2.45. The Balaban J connectivity index is 0.000000187. The molecule has 24 heteroatoms. The summed E-state index contributed by atoms with van der Waals surface area (Å²) >= 11 is 8.84. The average Bonchev–Trinajstić information content (AvgIpc) is 1.48. The smallest absolute Gasteiger partial charge is 0.336 e. The molecule has 21 nitrogen and oxygen atoms in total. The summed E-state index contributed by atoms with van der Waals surface area (Å²) in [5.74, 6) is 2.74. The van der Waals surface area contributed by atoms with Gasteiger partial charge in [-0.3, -0.25) is 19.2 Å². The van der Waals surface area contributed by atoms with Gasteiger partial charge in [-0.2, -0.15) is 11.8 Å². The van der Waals surface area contributed by atoms with E-state index in [1.165, 1.54) is 12.1 Å². The van der Waals surface area contributed by atoms with Crippen LogP contribution in [0.1, 0.15) is 124 Å². The number of nitrogens with one attached hydrogen (secondary N) is 5.